The van der Waals surface area contributed by atoms with E-state index in [2.05, 4.69) is 20.1 Å². The van der Waals surface area contributed by atoms with Crippen molar-refractivity contribution in [3.8, 4) is 0 Å². The van der Waals surface area contributed by atoms with Crippen molar-refractivity contribution >= 4 is 11.9 Å². The molecule has 4 aliphatic rings. The number of methoxy groups -OCH3 is 2. The standard InChI is InChI=1S/2C21H29N3O6/c2*1-21(2)29-16(12-23-24-22)19(30-21)20-18(28-20)15(11-17(25)26-3)9-10-27-13-14-7-5-4-6-8-14/h2*4-8,15-16,18-20H,9-13H2,1-3H3/t15-,16?,18+,19-,20?;15-,16?,18-,19-,20?/m11/s1. The van der Waals surface area contributed by atoms with Gasteiger partial charge in [-0.05, 0) is 62.7 Å². The largest absolute Gasteiger partial charge is 0.469 e. The molecule has 4 unspecified atom stereocenters. The maximum Gasteiger partial charge on any atom is 0.305 e. The molecule has 4 fully saturated rings. The van der Waals surface area contributed by atoms with Crippen LogP contribution in [0.4, 0.5) is 0 Å². The quantitative estimate of drug-likeness (QED) is 0.0300. The summed E-state index contributed by atoms with van der Waals surface area (Å²) in [6.45, 7) is 9.63. The molecule has 0 aromatic heterocycles. The number of esters is 2. The first-order chi connectivity index (χ1) is 28.9. The van der Waals surface area contributed by atoms with Gasteiger partial charge in [-0.2, -0.15) is 0 Å². The molecule has 6 rings (SSSR count). The number of benzene rings is 2. The zero-order valence-corrected chi connectivity index (χ0v) is 35.2. The van der Waals surface area contributed by atoms with Crippen molar-refractivity contribution in [3.05, 3.63) is 92.7 Å². The Hall–Kier alpha value is -4.32. The van der Waals surface area contributed by atoms with E-state index in [9.17, 15) is 9.59 Å². The van der Waals surface area contributed by atoms with E-state index in [1.807, 2.05) is 88.4 Å². The number of carbonyl (C=O) groups excluding carboxylic acids is 2. The van der Waals surface area contributed by atoms with Gasteiger partial charge >= 0.3 is 11.9 Å². The van der Waals surface area contributed by atoms with E-state index in [4.69, 9.17) is 58.4 Å². The lowest BCUT2D eigenvalue weighted by atomic mass is 9.93. The fourth-order valence-electron chi connectivity index (χ4n) is 7.72. The van der Waals surface area contributed by atoms with Gasteiger partial charge in [0.05, 0.1) is 77.8 Å². The summed E-state index contributed by atoms with van der Waals surface area (Å²) in [4.78, 5) is 29.5. The molecule has 18 heteroatoms. The van der Waals surface area contributed by atoms with Gasteiger partial charge in [0.2, 0.25) is 0 Å². The summed E-state index contributed by atoms with van der Waals surface area (Å²) >= 11 is 0. The number of azide groups is 2. The molecule has 0 amide bonds. The molecule has 4 heterocycles. The van der Waals surface area contributed by atoms with Gasteiger partial charge in [0.15, 0.2) is 11.6 Å². The molecule has 4 saturated heterocycles. The predicted molar refractivity (Wildman–Crippen MR) is 215 cm³/mol. The van der Waals surface area contributed by atoms with Crippen molar-refractivity contribution in [2.24, 2.45) is 22.1 Å². The Morgan fingerprint density at radius 2 is 1.02 bits per heavy atom. The molecule has 10 atom stereocenters. The summed E-state index contributed by atoms with van der Waals surface area (Å²) < 4.78 is 56.9. The second kappa shape index (κ2) is 22.5. The van der Waals surface area contributed by atoms with Crippen molar-refractivity contribution in [1.29, 1.82) is 0 Å². The van der Waals surface area contributed by atoms with Crippen LogP contribution in [-0.4, -0.2) is 113 Å². The molecule has 2 aromatic rings. The molecule has 0 radical (unpaired) electrons. The van der Waals surface area contributed by atoms with Crippen LogP contribution >= 0.6 is 0 Å². The maximum absolute atomic E-state index is 11.9. The highest BCUT2D eigenvalue weighted by Crippen LogP contribution is 2.44. The summed E-state index contributed by atoms with van der Waals surface area (Å²) in [6.07, 6.45) is -0.499. The van der Waals surface area contributed by atoms with Gasteiger partial charge in [-0.15, -0.1) is 0 Å². The van der Waals surface area contributed by atoms with E-state index in [-0.39, 0.29) is 98.5 Å². The van der Waals surface area contributed by atoms with Gasteiger partial charge in [0.25, 0.3) is 0 Å². The van der Waals surface area contributed by atoms with E-state index in [1.54, 1.807) is 0 Å². The van der Waals surface area contributed by atoms with Crippen molar-refractivity contribution in [2.75, 3.05) is 40.5 Å². The number of rotatable bonds is 22. The Labute approximate surface area is 350 Å². The topological polar surface area (TPSA) is 231 Å². The fraction of sp³-hybridized carbons (Fsp3) is 0.667. The minimum absolute atomic E-state index is 0.0642. The van der Waals surface area contributed by atoms with E-state index in [0.29, 0.717) is 39.3 Å². The number of hydrogen-bond donors (Lipinski definition) is 0. The summed E-state index contributed by atoms with van der Waals surface area (Å²) in [6, 6.07) is 19.9. The molecular formula is C42H58N6O12. The fourth-order valence-corrected chi connectivity index (χ4v) is 7.72. The third kappa shape index (κ3) is 14.4. The monoisotopic (exact) mass is 838 g/mol. The summed E-state index contributed by atoms with van der Waals surface area (Å²) in [7, 11) is 2.76. The number of hydrogen-bond acceptors (Lipinski definition) is 14. The Balaban J connectivity index is 0.000000228. The van der Waals surface area contributed by atoms with Crippen LogP contribution in [0.2, 0.25) is 0 Å². The van der Waals surface area contributed by atoms with Crippen LogP contribution in [0.1, 0.15) is 64.5 Å². The molecule has 0 aliphatic carbocycles. The normalized spacial score (nSPS) is 27.8. The Bertz CT molecular complexity index is 1630. The second-order valence-electron chi connectivity index (χ2n) is 16.0. The molecule has 0 N–H and O–H groups in total. The van der Waals surface area contributed by atoms with Gasteiger partial charge in [-0.1, -0.05) is 70.9 Å². The molecule has 18 nitrogen and oxygen atoms in total. The van der Waals surface area contributed by atoms with Gasteiger partial charge < -0.3 is 47.4 Å². The van der Waals surface area contributed by atoms with E-state index >= 15 is 0 Å². The van der Waals surface area contributed by atoms with Crippen molar-refractivity contribution < 1.29 is 57.0 Å². The van der Waals surface area contributed by atoms with E-state index in [0.717, 1.165) is 11.1 Å². The van der Waals surface area contributed by atoms with Crippen molar-refractivity contribution in [3.63, 3.8) is 0 Å². The van der Waals surface area contributed by atoms with Gasteiger partial charge in [0.1, 0.15) is 24.4 Å². The van der Waals surface area contributed by atoms with E-state index in [1.165, 1.54) is 14.2 Å². The lowest BCUT2D eigenvalue weighted by Crippen LogP contribution is -2.33. The number of epoxide rings is 2. The van der Waals surface area contributed by atoms with Gasteiger partial charge in [-0.3, -0.25) is 9.59 Å². The maximum atomic E-state index is 11.9. The molecule has 0 bridgehead atoms. The molecule has 60 heavy (non-hydrogen) atoms. The first kappa shape index (κ1) is 46.7. The summed E-state index contributed by atoms with van der Waals surface area (Å²) in [5, 5.41) is 7.25. The Morgan fingerprint density at radius 3 is 1.37 bits per heavy atom. The summed E-state index contributed by atoms with van der Waals surface area (Å²) in [5.74, 6) is -2.27. The van der Waals surface area contributed by atoms with Crippen LogP contribution in [0.25, 0.3) is 20.9 Å². The first-order valence-electron chi connectivity index (χ1n) is 20.3. The lowest BCUT2D eigenvalue weighted by molar-refractivity contribution is -0.147. The van der Waals surface area contributed by atoms with Crippen LogP contribution < -0.4 is 0 Å². The minimum Gasteiger partial charge on any atom is -0.469 e. The molecular weight excluding hydrogens is 780 g/mol. The zero-order valence-electron chi connectivity index (χ0n) is 35.2. The van der Waals surface area contributed by atoms with Crippen LogP contribution in [-0.2, 0) is 70.2 Å². The van der Waals surface area contributed by atoms with Crippen LogP contribution in [0, 0.1) is 11.8 Å². The van der Waals surface area contributed by atoms with E-state index < -0.39 is 11.6 Å². The Morgan fingerprint density at radius 1 is 0.633 bits per heavy atom. The molecule has 0 spiro atoms. The number of carbonyl (C=O) groups is 2. The third-order valence-electron chi connectivity index (χ3n) is 10.6. The highest BCUT2D eigenvalue weighted by molar-refractivity contribution is 5.70. The SMILES string of the molecule is COC(=O)C[C@@H](CCOCc1ccccc1)[C@@H]1OC1[C@@H]1OC(C)(C)OC1CN=[N+]=[N-].COC(=O)C[C@@H](CCOCc1ccccc1)[C@H]1OC1[C@@H]1OC(C)(C)OC1CN=[N+]=[N-]. The molecule has 4 aliphatic heterocycles. The second-order valence-corrected chi connectivity index (χ2v) is 16.0. The zero-order chi connectivity index (χ0) is 43.1. The van der Waals surface area contributed by atoms with Crippen LogP contribution in [0.5, 0.6) is 0 Å². The summed E-state index contributed by atoms with van der Waals surface area (Å²) in [5.41, 5.74) is 19.5. The third-order valence-corrected chi connectivity index (χ3v) is 10.6. The average molecular weight is 839 g/mol. The highest BCUT2D eigenvalue weighted by Gasteiger charge is 2.58. The molecule has 0 saturated carbocycles. The first-order valence-corrected chi connectivity index (χ1v) is 20.3. The minimum atomic E-state index is -0.784. The number of ether oxygens (including phenoxy) is 10. The van der Waals surface area contributed by atoms with Crippen molar-refractivity contribution in [2.45, 2.75) is 127 Å². The predicted octanol–water partition coefficient (Wildman–Crippen LogP) is 6.74. The van der Waals surface area contributed by atoms with Gasteiger partial charge in [0, 0.05) is 34.9 Å². The van der Waals surface area contributed by atoms with Crippen LogP contribution in [0.3, 0.4) is 0 Å². The lowest BCUT2D eigenvalue weighted by Gasteiger charge is -2.17. The highest BCUT2D eigenvalue weighted by atomic mass is 16.8. The van der Waals surface area contributed by atoms with Crippen LogP contribution in [0.15, 0.2) is 70.9 Å². The average Bonchev–Trinajstić information content (AvgIpc) is 4.16. The molecule has 2 aromatic carbocycles. The van der Waals surface area contributed by atoms with Crippen molar-refractivity contribution in [1.82, 2.24) is 0 Å². The molecule has 328 valence electrons. The Kier molecular flexibility index (Phi) is 17.5. The van der Waals surface area contributed by atoms with Gasteiger partial charge in [-0.25, -0.2) is 0 Å². The number of nitrogens with zero attached hydrogens (tertiary/aromatic N) is 6. The smallest absolute Gasteiger partial charge is 0.305 e.